The minimum atomic E-state index is -0.468. The van der Waals surface area contributed by atoms with Gasteiger partial charge < -0.3 is 10.4 Å². The molecule has 0 radical (unpaired) electrons. The topological polar surface area (TPSA) is 86.3 Å². The molecule has 134 valence electrons. The Morgan fingerprint density at radius 2 is 2.15 bits per heavy atom. The van der Waals surface area contributed by atoms with Crippen LogP contribution in [0.15, 0.2) is 36.4 Å². The Balaban J connectivity index is 1.45. The molecule has 2 aromatic carbocycles. The van der Waals surface area contributed by atoms with Crippen molar-refractivity contribution in [1.29, 1.82) is 0 Å². The molecule has 4 N–H and O–H groups in total. The molecule has 6 nitrogen and oxygen atoms in total. The standard InChI is InChI=1S/C18H17FN4O2S/c1-9-2-4-11(15(24)6-9)13-8-14(23-22-13)17(25)21-18-20-12-5-3-10(19)7-16(12)26-18/h2-7,13-14,22-24H,8H2,1H3,(H,20,21,25). The average Bonchev–Trinajstić information content (AvgIpc) is 3.21. The van der Waals surface area contributed by atoms with Gasteiger partial charge in [-0.15, -0.1) is 0 Å². The van der Waals surface area contributed by atoms with E-state index in [4.69, 9.17) is 0 Å². The zero-order valence-corrected chi connectivity index (χ0v) is 14.7. The molecule has 0 saturated carbocycles. The summed E-state index contributed by atoms with van der Waals surface area (Å²) in [6, 6.07) is 9.16. The molecule has 1 aliphatic rings. The summed E-state index contributed by atoms with van der Waals surface area (Å²) in [5, 5.41) is 13.3. The molecule has 1 saturated heterocycles. The molecule has 1 aromatic heterocycles. The summed E-state index contributed by atoms with van der Waals surface area (Å²) in [6.45, 7) is 1.91. The van der Waals surface area contributed by atoms with Crippen LogP contribution in [0.25, 0.3) is 10.2 Å². The van der Waals surface area contributed by atoms with Gasteiger partial charge in [-0.25, -0.2) is 20.2 Å². The second-order valence-corrected chi connectivity index (χ2v) is 7.34. The fourth-order valence-corrected chi connectivity index (χ4v) is 3.92. The molecule has 0 spiro atoms. The Bertz CT molecular complexity index is 990. The molecular formula is C18H17FN4O2S. The molecule has 1 amide bonds. The number of carbonyl (C=O) groups is 1. The maximum Gasteiger partial charge on any atom is 0.244 e. The number of hydrogen-bond acceptors (Lipinski definition) is 6. The van der Waals surface area contributed by atoms with Crippen molar-refractivity contribution < 1.29 is 14.3 Å². The predicted molar refractivity (Wildman–Crippen MR) is 98.5 cm³/mol. The lowest BCUT2D eigenvalue weighted by Gasteiger charge is -2.12. The van der Waals surface area contributed by atoms with Gasteiger partial charge in [0.2, 0.25) is 5.91 Å². The van der Waals surface area contributed by atoms with Crippen molar-refractivity contribution in [3.8, 4) is 5.75 Å². The second-order valence-electron chi connectivity index (χ2n) is 6.31. The summed E-state index contributed by atoms with van der Waals surface area (Å²) >= 11 is 1.23. The molecule has 4 rings (SSSR count). The zero-order chi connectivity index (χ0) is 18.3. The third kappa shape index (κ3) is 3.26. The Labute approximate surface area is 153 Å². The van der Waals surface area contributed by atoms with Gasteiger partial charge in [-0.3, -0.25) is 4.79 Å². The number of hydrogen-bond donors (Lipinski definition) is 4. The third-order valence-electron chi connectivity index (χ3n) is 4.36. The number of nitrogens with zero attached hydrogens (tertiary/aromatic N) is 1. The largest absolute Gasteiger partial charge is 0.508 e. The van der Waals surface area contributed by atoms with E-state index in [9.17, 15) is 14.3 Å². The smallest absolute Gasteiger partial charge is 0.244 e. The number of fused-ring (bicyclic) bond motifs is 1. The number of aromatic nitrogens is 1. The van der Waals surface area contributed by atoms with Crippen LogP contribution in [0.2, 0.25) is 0 Å². The van der Waals surface area contributed by atoms with E-state index in [-0.39, 0.29) is 23.5 Å². The van der Waals surface area contributed by atoms with Crippen molar-refractivity contribution in [2.24, 2.45) is 0 Å². The Hall–Kier alpha value is -2.55. The van der Waals surface area contributed by atoms with Crippen molar-refractivity contribution in [2.75, 3.05) is 5.32 Å². The quantitative estimate of drug-likeness (QED) is 0.568. The summed E-state index contributed by atoms with van der Waals surface area (Å²) in [5.74, 6) is -0.355. The lowest BCUT2D eigenvalue weighted by molar-refractivity contribution is -0.117. The van der Waals surface area contributed by atoms with Gasteiger partial charge in [0.25, 0.3) is 0 Å². The number of carbonyl (C=O) groups excluding carboxylic acids is 1. The number of phenolic OH excluding ortho intramolecular Hbond substituents is 1. The van der Waals surface area contributed by atoms with Crippen LogP contribution in [0.3, 0.4) is 0 Å². The van der Waals surface area contributed by atoms with Gasteiger partial charge in [0.1, 0.15) is 17.6 Å². The van der Waals surface area contributed by atoms with E-state index in [0.717, 1.165) is 11.1 Å². The predicted octanol–water partition coefficient (Wildman–Crippen LogP) is 3.00. The summed E-state index contributed by atoms with van der Waals surface area (Å²) in [7, 11) is 0. The Morgan fingerprint density at radius 3 is 2.96 bits per heavy atom. The van der Waals surface area contributed by atoms with Gasteiger partial charge >= 0.3 is 0 Å². The van der Waals surface area contributed by atoms with Gasteiger partial charge in [-0.05, 0) is 43.2 Å². The first-order valence-corrected chi connectivity index (χ1v) is 8.99. The first kappa shape index (κ1) is 16.9. The number of nitrogens with one attached hydrogen (secondary N) is 3. The van der Waals surface area contributed by atoms with E-state index in [1.807, 2.05) is 19.1 Å². The van der Waals surface area contributed by atoms with E-state index in [1.165, 1.54) is 23.5 Å². The number of halogens is 1. The van der Waals surface area contributed by atoms with Crippen LogP contribution < -0.4 is 16.2 Å². The minimum Gasteiger partial charge on any atom is -0.508 e. The van der Waals surface area contributed by atoms with Crippen LogP contribution in [0.4, 0.5) is 9.52 Å². The summed E-state index contributed by atoms with van der Waals surface area (Å²) in [6.07, 6.45) is 0.488. The van der Waals surface area contributed by atoms with Crippen LogP contribution in [-0.2, 0) is 4.79 Å². The molecule has 1 aliphatic heterocycles. The number of phenols is 1. The number of aryl methyl sites for hydroxylation is 1. The number of hydrazine groups is 1. The lowest BCUT2D eigenvalue weighted by atomic mass is 9.99. The maximum atomic E-state index is 13.3. The van der Waals surface area contributed by atoms with Crippen LogP contribution >= 0.6 is 11.3 Å². The van der Waals surface area contributed by atoms with E-state index in [0.29, 0.717) is 21.8 Å². The number of thiazole rings is 1. The molecular weight excluding hydrogens is 355 g/mol. The van der Waals surface area contributed by atoms with E-state index < -0.39 is 6.04 Å². The number of amides is 1. The molecule has 1 fully saturated rings. The lowest BCUT2D eigenvalue weighted by Crippen LogP contribution is -2.39. The molecule has 26 heavy (non-hydrogen) atoms. The first-order valence-electron chi connectivity index (χ1n) is 8.17. The third-order valence-corrected chi connectivity index (χ3v) is 5.30. The van der Waals surface area contributed by atoms with Gasteiger partial charge in [0, 0.05) is 5.56 Å². The van der Waals surface area contributed by atoms with Gasteiger partial charge in [-0.1, -0.05) is 23.5 Å². The van der Waals surface area contributed by atoms with Crippen molar-refractivity contribution in [2.45, 2.75) is 25.4 Å². The normalized spacial score (nSPS) is 19.8. The highest BCUT2D eigenvalue weighted by Crippen LogP contribution is 2.31. The summed E-state index contributed by atoms with van der Waals surface area (Å²) < 4.78 is 13.9. The van der Waals surface area contributed by atoms with Crippen molar-refractivity contribution in [3.05, 3.63) is 53.3 Å². The highest BCUT2D eigenvalue weighted by atomic mass is 32.1. The van der Waals surface area contributed by atoms with Gasteiger partial charge in [0.05, 0.1) is 16.3 Å². The maximum absolute atomic E-state index is 13.3. The van der Waals surface area contributed by atoms with E-state index >= 15 is 0 Å². The Morgan fingerprint density at radius 1 is 1.31 bits per heavy atom. The SMILES string of the molecule is Cc1ccc(C2CC(C(=O)Nc3nc4ccc(F)cc4s3)NN2)c(O)c1. The first-order chi connectivity index (χ1) is 12.5. The molecule has 2 unspecified atom stereocenters. The zero-order valence-electron chi connectivity index (χ0n) is 13.9. The van der Waals surface area contributed by atoms with Crippen molar-refractivity contribution >= 4 is 32.6 Å². The van der Waals surface area contributed by atoms with Gasteiger partial charge in [-0.2, -0.15) is 0 Å². The molecule has 0 bridgehead atoms. The average molecular weight is 372 g/mol. The van der Waals surface area contributed by atoms with Crippen molar-refractivity contribution in [3.63, 3.8) is 0 Å². The number of rotatable bonds is 3. The molecule has 3 aromatic rings. The van der Waals surface area contributed by atoms with E-state index in [2.05, 4.69) is 21.2 Å². The minimum absolute atomic E-state index is 0.171. The highest BCUT2D eigenvalue weighted by Gasteiger charge is 2.31. The highest BCUT2D eigenvalue weighted by molar-refractivity contribution is 7.22. The number of anilines is 1. The van der Waals surface area contributed by atoms with Crippen LogP contribution in [0.1, 0.15) is 23.6 Å². The fourth-order valence-electron chi connectivity index (χ4n) is 3.02. The Kier molecular flexibility index (Phi) is 4.31. The van der Waals surface area contributed by atoms with Crippen LogP contribution in [0.5, 0.6) is 5.75 Å². The van der Waals surface area contributed by atoms with E-state index in [1.54, 1.807) is 12.1 Å². The monoisotopic (exact) mass is 372 g/mol. The number of benzene rings is 2. The molecule has 2 heterocycles. The molecule has 0 aliphatic carbocycles. The molecule has 8 heteroatoms. The fraction of sp³-hybridized carbons (Fsp3) is 0.222. The van der Waals surface area contributed by atoms with Crippen LogP contribution in [-0.4, -0.2) is 22.0 Å². The summed E-state index contributed by atoms with van der Waals surface area (Å²) in [4.78, 5) is 16.8. The van der Waals surface area contributed by atoms with Crippen LogP contribution in [0, 0.1) is 12.7 Å². The number of aromatic hydroxyl groups is 1. The van der Waals surface area contributed by atoms with Crippen molar-refractivity contribution in [1.82, 2.24) is 15.8 Å². The van der Waals surface area contributed by atoms with Gasteiger partial charge in [0.15, 0.2) is 5.13 Å². The molecule has 2 atom stereocenters. The summed E-state index contributed by atoms with van der Waals surface area (Å²) in [5.41, 5.74) is 8.36. The second kappa shape index (κ2) is 6.64.